The van der Waals surface area contributed by atoms with Gasteiger partial charge in [-0.25, -0.2) is 0 Å². The van der Waals surface area contributed by atoms with Gasteiger partial charge in [0.1, 0.15) is 0 Å². The first-order chi connectivity index (χ1) is 19.6. The highest BCUT2D eigenvalue weighted by Gasteiger charge is 2.50. The van der Waals surface area contributed by atoms with E-state index in [-0.39, 0.29) is 29.8 Å². The summed E-state index contributed by atoms with van der Waals surface area (Å²) >= 11 is 0. The molecule has 2 aromatic rings. The monoisotopic (exact) mass is 588 g/mol. The van der Waals surface area contributed by atoms with Crippen LogP contribution in [0, 0.1) is 0 Å². The van der Waals surface area contributed by atoms with Crippen molar-refractivity contribution in [2.24, 2.45) is 0 Å². The molecule has 6 nitrogen and oxygen atoms in total. The SMILES string of the molecule is CCCCC[C@H](C[C@H](C[C@@H](O)C[C@@H](O)C[C@H](CO[Si](c1ccccc1)(c1ccccc1)C(C)(C)C)OC)OC)OC. The summed E-state index contributed by atoms with van der Waals surface area (Å²) in [6.45, 7) is 9.28. The van der Waals surface area contributed by atoms with Crippen molar-refractivity contribution in [2.45, 2.75) is 115 Å². The summed E-state index contributed by atoms with van der Waals surface area (Å²) in [5.41, 5.74) is 0. The van der Waals surface area contributed by atoms with E-state index in [1.54, 1.807) is 21.3 Å². The van der Waals surface area contributed by atoms with E-state index >= 15 is 0 Å². The van der Waals surface area contributed by atoms with Crippen LogP contribution in [0.2, 0.25) is 5.04 Å². The molecule has 0 aliphatic carbocycles. The van der Waals surface area contributed by atoms with Crippen molar-refractivity contribution in [3.05, 3.63) is 60.7 Å². The molecule has 0 radical (unpaired) electrons. The van der Waals surface area contributed by atoms with E-state index in [4.69, 9.17) is 18.6 Å². The Labute approximate surface area is 250 Å². The molecule has 0 aliphatic rings. The Kier molecular flexibility index (Phi) is 15.8. The van der Waals surface area contributed by atoms with Crippen molar-refractivity contribution >= 4 is 18.7 Å². The van der Waals surface area contributed by atoms with Gasteiger partial charge in [0, 0.05) is 27.8 Å². The van der Waals surface area contributed by atoms with E-state index in [0.29, 0.717) is 19.4 Å². The quantitative estimate of drug-likeness (QED) is 0.158. The maximum absolute atomic E-state index is 11.0. The van der Waals surface area contributed by atoms with Crippen LogP contribution in [0.4, 0.5) is 0 Å². The Morgan fingerprint density at radius 1 is 0.659 bits per heavy atom. The van der Waals surface area contributed by atoms with Crippen LogP contribution < -0.4 is 10.4 Å². The van der Waals surface area contributed by atoms with Gasteiger partial charge in [0.15, 0.2) is 0 Å². The number of aliphatic hydroxyl groups is 2. The molecule has 0 saturated carbocycles. The summed E-state index contributed by atoms with van der Waals surface area (Å²) in [6.07, 6.45) is 4.57. The molecule has 2 N–H and O–H groups in total. The van der Waals surface area contributed by atoms with Crippen molar-refractivity contribution in [1.82, 2.24) is 0 Å². The van der Waals surface area contributed by atoms with Gasteiger partial charge in [-0.15, -0.1) is 0 Å². The van der Waals surface area contributed by atoms with Crippen molar-refractivity contribution in [2.75, 3.05) is 27.9 Å². The summed E-state index contributed by atoms with van der Waals surface area (Å²) < 4.78 is 24.2. The number of methoxy groups -OCH3 is 3. The molecule has 0 amide bonds. The van der Waals surface area contributed by atoms with Crippen molar-refractivity contribution in [3.8, 4) is 0 Å². The topological polar surface area (TPSA) is 77.4 Å². The average Bonchev–Trinajstić information content (AvgIpc) is 2.96. The van der Waals surface area contributed by atoms with Crippen LogP contribution in [-0.2, 0) is 18.6 Å². The molecule has 2 rings (SSSR count). The lowest BCUT2D eigenvalue weighted by molar-refractivity contribution is -0.0265. The van der Waals surface area contributed by atoms with Gasteiger partial charge < -0.3 is 28.8 Å². The van der Waals surface area contributed by atoms with Gasteiger partial charge in [-0.2, -0.15) is 0 Å². The molecule has 41 heavy (non-hydrogen) atoms. The zero-order valence-corrected chi connectivity index (χ0v) is 27.6. The van der Waals surface area contributed by atoms with Crippen molar-refractivity contribution in [3.63, 3.8) is 0 Å². The van der Waals surface area contributed by atoms with Gasteiger partial charge in [-0.3, -0.25) is 0 Å². The third kappa shape index (κ3) is 10.9. The second-order valence-corrected chi connectivity index (χ2v) is 16.6. The minimum Gasteiger partial charge on any atom is -0.405 e. The van der Waals surface area contributed by atoms with Crippen LogP contribution in [0.1, 0.15) is 79.1 Å². The fourth-order valence-corrected chi connectivity index (χ4v) is 10.5. The van der Waals surface area contributed by atoms with Crippen molar-refractivity contribution in [1.29, 1.82) is 0 Å². The third-order valence-electron chi connectivity index (χ3n) is 8.17. The largest absolute Gasteiger partial charge is 0.405 e. The first-order valence-corrected chi connectivity index (χ1v) is 17.2. The highest BCUT2D eigenvalue weighted by atomic mass is 28.4. The number of benzene rings is 2. The molecule has 0 spiro atoms. The number of hydrogen-bond donors (Lipinski definition) is 2. The van der Waals surface area contributed by atoms with E-state index in [9.17, 15) is 10.2 Å². The minimum absolute atomic E-state index is 0.111. The molecule has 232 valence electrons. The highest BCUT2D eigenvalue weighted by molar-refractivity contribution is 6.99. The van der Waals surface area contributed by atoms with Gasteiger partial charge in [0.05, 0.1) is 37.1 Å². The predicted molar refractivity (Wildman–Crippen MR) is 171 cm³/mol. The van der Waals surface area contributed by atoms with Crippen LogP contribution in [0.25, 0.3) is 0 Å². The van der Waals surface area contributed by atoms with E-state index in [0.717, 1.165) is 19.3 Å². The van der Waals surface area contributed by atoms with Gasteiger partial charge in [0.2, 0.25) is 0 Å². The Bertz CT molecular complexity index is 896. The summed E-state index contributed by atoms with van der Waals surface area (Å²) in [4.78, 5) is 0. The van der Waals surface area contributed by atoms with Crippen molar-refractivity contribution < 1.29 is 28.8 Å². The standard InChI is InChI=1S/C34H56O6Si/c1-8-9-12-17-29(37-5)25-30(38-6)23-27(35)22-28(36)24-31(39-7)26-40-41(34(2,3)4,32-18-13-10-14-19-32)33-20-15-11-16-21-33/h10-11,13-16,18-21,27-31,35-36H,8-9,12,17,22-26H2,1-7H3/t27-,28+,29+,30-,31+/m0/s1. The van der Waals surface area contributed by atoms with E-state index in [1.807, 2.05) is 12.1 Å². The number of hydrogen-bond acceptors (Lipinski definition) is 6. The molecule has 0 heterocycles. The highest BCUT2D eigenvalue weighted by Crippen LogP contribution is 2.37. The zero-order chi connectivity index (χ0) is 30.3. The molecule has 0 bridgehead atoms. The van der Waals surface area contributed by atoms with E-state index in [2.05, 4.69) is 76.2 Å². The summed E-state index contributed by atoms with van der Waals surface area (Å²) in [6, 6.07) is 21.0. The molecular weight excluding hydrogens is 532 g/mol. The minimum atomic E-state index is -2.71. The maximum Gasteiger partial charge on any atom is 0.261 e. The van der Waals surface area contributed by atoms with Gasteiger partial charge in [-0.05, 0) is 41.1 Å². The lowest BCUT2D eigenvalue weighted by atomic mass is 9.97. The molecule has 5 atom stereocenters. The molecule has 7 heteroatoms. The van der Waals surface area contributed by atoms with Crippen LogP contribution in [0.5, 0.6) is 0 Å². The maximum atomic E-state index is 11.0. The van der Waals surface area contributed by atoms with E-state index < -0.39 is 20.5 Å². The number of unbranched alkanes of at least 4 members (excludes halogenated alkanes) is 2. The fourth-order valence-electron chi connectivity index (χ4n) is 5.86. The lowest BCUT2D eigenvalue weighted by Gasteiger charge is -2.43. The fraction of sp³-hybridized carbons (Fsp3) is 0.647. The zero-order valence-electron chi connectivity index (χ0n) is 26.6. The first kappa shape index (κ1) is 35.6. The molecule has 0 aromatic heterocycles. The normalized spacial score (nSPS) is 16.2. The molecule has 0 saturated heterocycles. The van der Waals surface area contributed by atoms with E-state index in [1.165, 1.54) is 23.2 Å². The van der Waals surface area contributed by atoms with Crippen LogP contribution in [-0.4, -0.2) is 77.0 Å². The Hall–Kier alpha value is -1.58. The molecule has 0 unspecified atom stereocenters. The molecule has 2 aromatic carbocycles. The van der Waals surface area contributed by atoms with Crippen LogP contribution in [0.15, 0.2) is 60.7 Å². The predicted octanol–water partition coefficient (Wildman–Crippen LogP) is 5.47. The Morgan fingerprint density at radius 2 is 1.15 bits per heavy atom. The molecule has 0 aliphatic heterocycles. The summed E-state index contributed by atoms with van der Waals surface area (Å²) in [5.74, 6) is 0. The number of aliphatic hydroxyl groups excluding tert-OH is 2. The molecular formula is C34H56O6Si. The van der Waals surface area contributed by atoms with Gasteiger partial charge >= 0.3 is 0 Å². The first-order valence-electron chi connectivity index (χ1n) is 15.3. The van der Waals surface area contributed by atoms with Crippen LogP contribution in [0.3, 0.4) is 0 Å². The second-order valence-electron chi connectivity index (χ2n) is 12.3. The number of rotatable bonds is 20. The van der Waals surface area contributed by atoms with Crippen LogP contribution >= 0.6 is 0 Å². The van der Waals surface area contributed by atoms with Gasteiger partial charge in [0.25, 0.3) is 8.32 Å². The van der Waals surface area contributed by atoms with Gasteiger partial charge in [-0.1, -0.05) is 108 Å². The summed E-state index contributed by atoms with van der Waals surface area (Å²) in [5, 5.41) is 24.0. The second kappa shape index (κ2) is 18.2. The molecule has 0 fully saturated rings. The Morgan fingerprint density at radius 3 is 1.59 bits per heavy atom. The smallest absolute Gasteiger partial charge is 0.261 e. The Balaban J connectivity index is 2.06. The third-order valence-corrected chi connectivity index (χ3v) is 13.2. The average molecular weight is 589 g/mol. The number of ether oxygens (including phenoxy) is 3. The summed E-state index contributed by atoms with van der Waals surface area (Å²) in [7, 11) is 2.37. The lowest BCUT2D eigenvalue weighted by Crippen LogP contribution is -2.67.